The van der Waals surface area contributed by atoms with Gasteiger partial charge in [-0.1, -0.05) is 29.8 Å². The Labute approximate surface area is 137 Å². The number of carbonyl (C=O) groups is 1. The first kappa shape index (κ1) is 16.9. The standard InChI is InChI=1S/C19H23NO3/c1-13-11-14(2)19(15(3)12-13)20-18(21)9-10-23-17-8-6-5-7-16(17)22-4/h5-8,11-12H,9-10H2,1-4H3,(H,20,21). The number of hydrogen-bond acceptors (Lipinski definition) is 3. The minimum atomic E-state index is -0.0602. The minimum Gasteiger partial charge on any atom is -0.493 e. The van der Waals surface area contributed by atoms with Crippen LogP contribution in [0.2, 0.25) is 0 Å². The number of aryl methyl sites for hydroxylation is 3. The van der Waals surface area contributed by atoms with Crippen LogP contribution < -0.4 is 14.8 Å². The van der Waals surface area contributed by atoms with Crippen molar-refractivity contribution in [3.05, 3.63) is 53.1 Å². The topological polar surface area (TPSA) is 47.6 Å². The molecule has 0 aliphatic rings. The van der Waals surface area contributed by atoms with Crippen LogP contribution in [0.4, 0.5) is 5.69 Å². The Morgan fingerprint density at radius 3 is 2.26 bits per heavy atom. The summed E-state index contributed by atoms with van der Waals surface area (Å²) in [5.41, 5.74) is 4.22. The van der Waals surface area contributed by atoms with Gasteiger partial charge in [-0.05, 0) is 44.0 Å². The highest BCUT2D eigenvalue weighted by molar-refractivity contribution is 5.92. The van der Waals surface area contributed by atoms with Crippen molar-refractivity contribution in [3.63, 3.8) is 0 Å². The first-order chi connectivity index (χ1) is 11.0. The van der Waals surface area contributed by atoms with Crippen molar-refractivity contribution in [2.75, 3.05) is 19.0 Å². The number of nitrogens with one attached hydrogen (secondary N) is 1. The zero-order valence-electron chi connectivity index (χ0n) is 14.1. The minimum absolute atomic E-state index is 0.0602. The lowest BCUT2D eigenvalue weighted by Crippen LogP contribution is -2.16. The number of para-hydroxylation sites is 2. The van der Waals surface area contributed by atoms with Crippen LogP contribution in [0.5, 0.6) is 11.5 Å². The second-order valence-electron chi connectivity index (χ2n) is 5.57. The molecule has 4 heteroatoms. The van der Waals surface area contributed by atoms with Gasteiger partial charge in [0.05, 0.1) is 20.1 Å². The molecule has 122 valence electrons. The summed E-state index contributed by atoms with van der Waals surface area (Å²) in [4.78, 5) is 12.1. The van der Waals surface area contributed by atoms with Gasteiger partial charge >= 0.3 is 0 Å². The smallest absolute Gasteiger partial charge is 0.227 e. The number of anilines is 1. The molecular formula is C19H23NO3. The van der Waals surface area contributed by atoms with Crippen molar-refractivity contribution < 1.29 is 14.3 Å². The Morgan fingerprint density at radius 1 is 1.04 bits per heavy atom. The van der Waals surface area contributed by atoms with Gasteiger partial charge in [0.15, 0.2) is 11.5 Å². The first-order valence-corrected chi connectivity index (χ1v) is 7.64. The van der Waals surface area contributed by atoms with Crippen molar-refractivity contribution in [2.24, 2.45) is 0 Å². The molecule has 0 unspecified atom stereocenters. The average molecular weight is 313 g/mol. The molecular weight excluding hydrogens is 290 g/mol. The molecule has 2 aromatic rings. The van der Waals surface area contributed by atoms with Gasteiger partial charge in [0.25, 0.3) is 0 Å². The van der Waals surface area contributed by atoms with Gasteiger partial charge in [0.2, 0.25) is 5.91 Å². The fourth-order valence-corrected chi connectivity index (χ4v) is 2.57. The van der Waals surface area contributed by atoms with E-state index >= 15 is 0 Å². The first-order valence-electron chi connectivity index (χ1n) is 7.64. The Hall–Kier alpha value is -2.49. The van der Waals surface area contributed by atoms with Gasteiger partial charge in [0, 0.05) is 5.69 Å². The average Bonchev–Trinajstić information content (AvgIpc) is 2.51. The van der Waals surface area contributed by atoms with Crippen LogP contribution in [-0.2, 0) is 4.79 Å². The van der Waals surface area contributed by atoms with Crippen LogP contribution in [0.25, 0.3) is 0 Å². The summed E-state index contributed by atoms with van der Waals surface area (Å²) in [7, 11) is 1.60. The summed E-state index contributed by atoms with van der Waals surface area (Å²) in [5, 5.41) is 2.97. The third-order valence-electron chi connectivity index (χ3n) is 3.60. The van der Waals surface area contributed by atoms with E-state index in [4.69, 9.17) is 9.47 Å². The lowest BCUT2D eigenvalue weighted by atomic mass is 10.1. The Balaban J connectivity index is 1.91. The van der Waals surface area contributed by atoms with Gasteiger partial charge < -0.3 is 14.8 Å². The summed E-state index contributed by atoms with van der Waals surface area (Å²) in [6.45, 7) is 6.35. The second kappa shape index (κ2) is 7.68. The van der Waals surface area contributed by atoms with Crippen molar-refractivity contribution >= 4 is 11.6 Å². The highest BCUT2D eigenvalue weighted by Gasteiger charge is 2.09. The number of ether oxygens (including phenoxy) is 2. The highest BCUT2D eigenvalue weighted by Crippen LogP contribution is 2.26. The molecule has 23 heavy (non-hydrogen) atoms. The maximum absolute atomic E-state index is 12.1. The number of carbonyl (C=O) groups excluding carboxylic acids is 1. The van der Waals surface area contributed by atoms with Crippen LogP contribution in [-0.4, -0.2) is 19.6 Å². The van der Waals surface area contributed by atoms with Crippen LogP contribution in [0.15, 0.2) is 36.4 Å². The summed E-state index contributed by atoms with van der Waals surface area (Å²) in [6.07, 6.45) is 0.283. The van der Waals surface area contributed by atoms with Gasteiger partial charge in [-0.3, -0.25) is 4.79 Å². The number of hydrogen-bond donors (Lipinski definition) is 1. The van der Waals surface area contributed by atoms with E-state index in [0.717, 1.165) is 16.8 Å². The third kappa shape index (κ3) is 4.49. The van der Waals surface area contributed by atoms with Crippen molar-refractivity contribution in [1.82, 2.24) is 0 Å². The normalized spacial score (nSPS) is 10.3. The summed E-state index contributed by atoms with van der Waals surface area (Å²) < 4.78 is 10.8. The predicted octanol–water partition coefficient (Wildman–Crippen LogP) is 4.03. The molecule has 0 aliphatic carbocycles. The summed E-state index contributed by atoms with van der Waals surface area (Å²) in [5.74, 6) is 1.25. The maximum Gasteiger partial charge on any atom is 0.227 e. The Kier molecular flexibility index (Phi) is 5.63. The van der Waals surface area contributed by atoms with Crippen molar-refractivity contribution in [3.8, 4) is 11.5 Å². The van der Waals surface area contributed by atoms with Crippen LogP contribution >= 0.6 is 0 Å². The molecule has 0 bridgehead atoms. The Morgan fingerprint density at radius 2 is 1.65 bits per heavy atom. The highest BCUT2D eigenvalue weighted by atomic mass is 16.5. The van der Waals surface area contributed by atoms with E-state index in [1.807, 2.05) is 45.0 Å². The van der Waals surface area contributed by atoms with Crippen molar-refractivity contribution in [1.29, 1.82) is 0 Å². The molecule has 0 fully saturated rings. The molecule has 4 nitrogen and oxygen atoms in total. The van der Waals surface area contributed by atoms with Gasteiger partial charge in [0.1, 0.15) is 0 Å². The molecule has 2 rings (SSSR count). The molecule has 1 N–H and O–H groups in total. The van der Waals surface area contributed by atoms with Crippen LogP contribution in [0, 0.1) is 20.8 Å². The predicted molar refractivity (Wildman–Crippen MR) is 92.4 cm³/mol. The molecule has 0 spiro atoms. The van der Waals surface area contributed by atoms with E-state index in [0.29, 0.717) is 18.1 Å². The molecule has 0 heterocycles. The summed E-state index contributed by atoms with van der Waals surface area (Å²) in [6, 6.07) is 11.5. The zero-order valence-corrected chi connectivity index (χ0v) is 14.1. The third-order valence-corrected chi connectivity index (χ3v) is 3.60. The number of amides is 1. The van der Waals surface area contributed by atoms with E-state index < -0.39 is 0 Å². The van der Waals surface area contributed by atoms with E-state index in [-0.39, 0.29) is 12.3 Å². The lowest BCUT2D eigenvalue weighted by Gasteiger charge is -2.13. The lowest BCUT2D eigenvalue weighted by molar-refractivity contribution is -0.116. The molecule has 0 aliphatic heterocycles. The van der Waals surface area contributed by atoms with Crippen LogP contribution in [0.1, 0.15) is 23.1 Å². The largest absolute Gasteiger partial charge is 0.493 e. The van der Waals surface area contributed by atoms with E-state index in [1.165, 1.54) is 5.56 Å². The van der Waals surface area contributed by atoms with E-state index in [1.54, 1.807) is 7.11 Å². The SMILES string of the molecule is COc1ccccc1OCCC(=O)Nc1c(C)cc(C)cc1C. The van der Waals surface area contributed by atoms with Crippen LogP contribution in [0.3, 0.4) is 0 Å². The second-order valence-corrected chi connectivity index (χ2v) is 5.57. The molecule has 0 saturated heterocycles. The molecule has 0 saturated carbocycles. The fourth-order valence-electron chi connectivity index (χ4n) is 2.57. The van der Waals surface area contributed by atoms with Gasteiger partial charge in [-0.15, -0.1) is 0 Å². The van der Waals surface area contributed by atoms with Crippen molar-refractivity contribution in [2.45, 2.75) is 27.2 Å². The van der Waals surface area contributed by atoms with Gasteiger partial charge in [-0.2, -0.15) is 0 Å². The monoisotopic (exact) mass is 313 g/mol. The Bertz CT molecular complexity index is 672. The quantitative estimate of drug-likeness (QED) is 0.876. The number of benzene rings is 2. The molecule has 0 radical (unpaired) electrons. The number of rotatable bonds is 6. The van der Waals surface area contributed by atoms with E-state index in [2.05, 4.69) is 17.4 Å². The van der Waals surface area contributed by atoms with E-state index in [9.17, 15) is 4.79 Å². The molecule has 2 aromatic carbocycles. The van der Waals surface area contributed by atoms with Gasteiger partial charge in [-0.25, -0.2) is 0 Å². The molecule has 0 aromatic heterocycles. The summed E-state index contributed by atoms with van der Waals surface area (Å²) >= 11 is 0. The zero-order chi connectivity index (χ0) is 16.8. The fraction of sp³-hybridized carbons (Fsp3) is 0.316. The molecule has 1 amide bonds. The number of methoxy groups -OCH3 is 1. The molecule has 0 atom stereocenters. The maximum atomic E-state index is 12.1.